The maximum Gasteiger partial charge on any atom is 0.224 e. The third-order valence-corrected chi connectivity index (χ3v) is 3.94. The van der Waals surface area contributed by atoms with E-state index < -0.39 is 0 Å². The maximum absolute atomic E-state index is 4.38. The Hall–Kier alpha value is -1.32. The van der Waals surface area contributed by atoms with E-state index in [1.54, 1.807) is 6.20 Å². The summed E-state index contributed by atoms with van der Waals surface area (Å²) in [7, 11) is 1.84. The third kappa shape index (κ3) is 2.87. The second kappa shape index (κ2) is 5.34. The molecule has 1 saturated carbocycles. The molecule has 1 fully saturated rings. The van der Waals surface area contributed by atoms with E-state index in [1.165, 1.54) is 32.1 Å². The Labute approximate surface area is 103 Å². The highest BCUT2D eigenvalue weighted by molar-refractivity contribution is 5.39. The van der Waals surface area contributed by atoms with Gasteiger partial charge >= 0.3 is 0 Å². The van der Waals surface area contributed by atoms with Gasteiger partial charge in [-0.1, -0.05) is 19.8 Å². The van der Waals surface area contributed by atoms with Gasteiger partial charge in [0.25, 0.3) is 0 Å². The van der Waals surface area contributed by atoms with Gasteiger partial charge in [-0.3, -0.25) is 0 Å². The van der Waals surface area contributed by atoms with Crippen molar-refractivity contribution in [3.05, 3.63) is 12.3 Å². The van der Waals surface area contributed by atoms with Crippen LogP contribution in [0.15, 0.2) is 12.3 Å². The first-order valence-electron chi connectivity index (χ1n) is 6.53. The molecule has 0 radical (unpaired) electrons. The highest BCUT2D eigenvalue weighted by Gasteiger charge is 2.31. The molecule has 0 unspecified atom stereocenters. The summed E-state index contributed by atoms with van der Waals surface area (Å²) in [5.41, 5.74) is 0.491. The fourth-order valence-corrected chi connectivity index (χ4v) is 2.64. The minimum atomic E-state index is 0.491. The van der Waals surface area contributed by atoms with E-state index in [0.717, 1.165) is 12.4 Å². The van der Waals surface area contributed by atoms with Crippen molar-refractivity contribution in [2.24, 2.45) is 5.41 Å². The summed E-state index contributed by atoms with van der Waals surface area (Å²) in [6.07, 6.45) is 8.49. The van der Waals surface area contributed by atoms with Gasteiger partial charge in [-0.2, -0.15) is 4.98 Å². The van der Waals surface area contributed by atoms with Crippen molar-refractivity contribution in [2.45, 2.75) is 39.0 Å². The van der Waals surface area contributed by atoms with Crippen LogP contribution >= 0.6 is 0 Å². The molecule has 0 saturated heterocycles. The Morgan fingerprint density at radius 3 is 2.76 bits per heavy atom. The summed E-state index contributed by atoms with van der Waals surface area (Å²) in [4.78, 5) is 8.50. The maximum atomic E-state index is 4.38. The van der Waals surface area contributed by atoms with Crippen molar-refractivity contribution < 1.29 is 0 Å². The number of hydrogen-bond donors (Lipinski definition) is 2. The number of nitrogens with zero attached hydrogens (tertiary/aromatic N) is 2. The number of rotatable bonds is 5. The van der Waals surface area contributed by atoms with Crippen LogP contribution in [0.25, 0.3) is 0 Å². The Kier molecular flexibility index (Phi) is 3.82. The zero-order valence-corrected chi connectivity index (χ0v) is 10.8. The molecule has 1 aromatic heterocycles. The number of anilines is 2. The molecule has 0 bridgehead atoms. The van der Waals surface area contributed by atoms with E-state index in [1.807, 2.05) is 13.1 Å². The van der Waals surface area contributed by atoms with Crippen LogP contribution in [0.2, 0.25) is 0 Å². The number of hydrogen-bond acceptors (Lipinski definition) is 4. The zero-order valence-electron chi connectivity index (χ0n) is 10.8. The second-order valence-electron chi connectivity index (χ2n) is 4.93. The molecule has 1 aliphatic carbocycles. The van der Waals surface area contributed by atoms with Gasteiger partial charge in [0.05, 0.1) is 0 Å². The molecule has 1 aliphatic rings. The molecule has 2 rings (SSSR count). The first-order chi connectivity index (χ1) is 8.28. The van der Waals surface area contributed by atoms with E-state index in [2.05, 4.69) is 27.5 Å². The van der Waals surface area contributed by atoms with Crippen LogP contribution < -0.4 is 10.6 Å². The molecule has 0 aliphatic heterocycles. The first-order valence-corrected chi connectivity index (χ1v) is 6.53. The van der Waals surface area contributed by atoms with Gasteiger partial charge in [0, 0.05) is 19.8 Å². The van der Waals surface area contributed by atoms with Crippen molar-refractivity contribution >= 4 is 11.8 Å². The van der Waals surface area contributed by atoms with Crippen LogP contribution in [-0.2, 0) is 0 Å². The Morgan fingerprint density at radius 2 is 2.12 bits per heavy atom. The van der Waals surface area contributed by atoms with Gasteiger partial charge in [-0.15, -0.1) is 0 Å². The summed E-state index contributed by atoms with van der Waals surface area (Å²) < 4.78 is 0. The molecule has 4 nitrogen and oxygen atoms in total. The van der Waals surface area contributed by atoms with Gasteiger partial charge in [-0.25, -0.2) is 4.98 Å². The molecular formula is C13H22N4. The molecular weight excluding hydrogens is 212 g/mol. The normalized spacial score (nSPS) is 18.0. The smallest absolute Gasteiger partial charge is 0.224 e. The van der Waals surface area contributed by atoms with Crippen LogP contribution in [0, 0.1) is 5.41 Å². The van der Waals surface area contributed by atoms with Crippen LogP contribution in [0.4, 0.5) is 11.8 Å². The molecule has 4 heteroatoms. The SMILES string of the molecule is CCC1(CNc2ccnc(NC)n2)CCCC1. The molecule has 1 aromatic rings. The summed E-state index contributed by atoms with van der Waals surface area (Å²) in [5, 5.41) is 6.42. The van der Waals surface area contributed by atoms with Crippen molar-refractivity contribution in [3.8, 4) is 0 Å². The zero-order chi connectivity index (χ0) is 12.1. The van der Waals surface area contributed by atoms with Crippen LogP contribution in [-0.4, -0.2) is 23.6 Å². The Morgan fingerprint density at radius 1 is 1.35 bits per heavy atom. The summed E-state index contributed by atoms with van der Waals surface area (Å²) in [6.45, 7) is 3.33. The van der Waals surface area contributed by atoms with Crippen LogP contribution in [0.5, 0.6) is 0 Å². The largest absolute Gasteiger partial charge is 0.369 e. The van der Waals surface area contributed by atoms with E-state index in [9.17, 15) is 0 Å². The lowest BCUT2D eigenvalue weighted by atomic mass is 9.83. The summed E-state index contributed by atoms with van der Waals surface area (Å²) in [5.74, 6) is 1.59. The van der Waals surface area contributed by atoms with E-state index in [4.69, 9.17) is 0 Å². The third-order valence-electron chi connectivity index (χ3n) is 3.94. The van der Waals surface area contributed by atoms with Gasteiger partial charge in [0.15, 0.2) is 0 Å². The standard InChI is InChI=1S/C13H22N4/c1-3-13(7-4-5-8-13)10-16-11-6-9-15-12(14-2)17-11/h6,9H,3-5,7-8,10H2,1-2H3,(H2,14,15,16,17). The molecule has 2 N–H and O–H groups in total. The fraction of sp³-hybridized carbons (Fsp3) is 0.692. The van der Waals surface area contributed by atoms with Crippen LogP contribution in [0.3, 0.4) is 0 Å². The minimum Gasteiger partial charge on any atom is -0.369 e. The molecule has 0 amide bonds. The van der Waals surface area contributed by atoms with Gasteiger partial charge < -0.3 is 10.6 Å². The van der Waals surface area contributed by atoms with Crippen molar-refractivity contribution in [2.75, 3.05) is 24.2 Å². The number of aromatic nitrogens is 2. The van der Waals surface area contributed by atoms with Crippen molar-refractivity contribution in [1.29, 1.82) is 0 Å². The highest BCUT2D eigenvalue weighted by Crippen LogP contribution is 2.40. The summed E-state index contributed by atoms with van der Waals surface area (Å²) in [6, 6.07) is 1.93. The lowest BCUT2D eigenvalue weighted by molar-refractivity contribution is 0.306. The molecule has 17 heavy (non-hydrogen) atoms. The lowest BCUT2D eigenvalue weighted by Gasteiger charge is -2.27. The molecule has 0 aromatic carbocycles. The topological polar surface area (TPSA) is 49.8 Å². The average Bonchev–Trinajstić information content (AvgIpc) is 2.86. The predicted molar refractivity (Wildman–Crippen MR) is 71.3 cm³/mol. The molecule has 1 heterocycles. The quantitative estimate of drug-likeness (QED) is 0.822. The first kappa shape index (κ1) is 12.1. The summed E-state index contributed by atoms with van der Waals surface area (Å²) >= 11 is 0. The second-order valence-corrected chi connectivity index (χ2v) is 4.93. The molecule has 94 valence electrons. The van der Waals surface area contributed by atoms with Gasteiger partial charge in [-0.05, 0) is 30.7 Å². The highest BCUT2D eigenvalue weighted by atomic mass is 15.1. The van der Waals surface area contributed by atoms with E-state index >= 15 is 0 Å². The van der Waals surface area contributed by atoms with Crippen molar-refractivity contribution in [1.82, 2.24) is 9.97 Å². The lowest BCUT2D eigenvalue weighted by Crippen LogP contribution is -2.26. The Bertz CT molecular complexity index is 358. The van der Waals surface area contributed by atoms with Gasteiger partial charge in [0.1, 0.15) is 5.82 Å². The monoisotopic (exact) mass is 234 g/mol. The van der Waals surface area contributed by atoms with Gasteiger partial charge in [0.2, 0.25) is 5.95 Å². The minimum absolute atomic E-state index is 0.491. The van der Waals surface area contributed by atoms with E-state index in [0.29, 0.717) is 11.4 Å². The van der Waals surface area contributed by atoms with Crippen LogP contribution in [0.1, 0.15) is 39.0 Å². The predicted octanol–water partition coefficient (Wildman–Crippen LogP) is 2.90. The average molecular weight is 234 g/mol. The molecule has 0 spiro atoms. The van der Waals surface area contributed by atoms with E-state index in [-0.39, 0.29) is 0 Å². The molecule has 0 atom stereocenters. The van der Waals surface area contributed by atoms with Crippen molar-refractivity contribution in [3.63, 3.8) is 0 Å². The number of nitrogens with one attached hydrogen (secondary N) is 2. The fourth-order valence-electron chi connectivity index (χ4n) is 2.64. The Balaban J connectivity index is 1.96.